The van der Waals surface area contributed by atoms with E-state index in [1.165, 1.54) is 4.88 Å². The number of aryl methyl sites for hydroxylation is 1. The number of fused-ring (bicyclic) bond motifs is 1. The third-order valence-corrected chi connectivity index (χ3v) is 5.14. The minimum absolute atomic E-state index is 0. The van der Waals surface area contributed by atoms with E-state index < -0.39 is 0 Å². The Kier molecular flexibility index (Phi) is 6.70. The number of carbonyl (C=O) groups is 1. The lowest BCUT2D eigenvalue weighted by molar-refractivity contribution is -0.132. The Morgan fingerprint density at radius 2 is 2.20 bits per heavy atom. The highest BCUT2D eigenvalue weighted by atomic mass is 35.5. The molecule has 5 nitrogen and oxygen atoms in total. The van der Waals surface area contributed by atoms with E-state index in [0.717, 1.165) is 16.0 Å². The number of phenolic OH excluding ortho intramolecular Hbond substituents is 1. The number of halogens is 1. The Hall–Kier alpha value is -1.76. The Morgan fingerprint density at radius 3 is 2.88 bits per heavy atom. The normalized spacial score (nSPS) is 13.4. The number of ether oxygens (including phenoxy) is 1. The molecule has 0 saturated heterocycles. The van der Waals surface area contributed by atoms with Gasteiger partial charge in [0.1, 0.15) is 6.61 Å². The van der Waals surface area contributed by atoms with E-state index >= 15 is 0 Å². The second-order valence-corrected chi connectivity index (χ2v) is 7.24. The molecule has 0 radical (unpaired) electrons. The molecular weight excluding hydrogens is 360 g/mol. The number of benzene rings is 1. The van der Waals surface area contributed by atoms with Crippen molar-refractivity contribution in [3.63, 3.8) is 0 Å². The van der Waals surface area contributed by atoms with Gasteiger partial charge in [-0.2, -0.15) is 0 Å². The van der Waals surface area contributed by atoms with Gasteiger partial charge in [-0.3, -0.25) is 4.79 Å². The second-order valence-electron chi connectivity index (χ2n) is 5.95. The molecule has 0 atom stereocenters. The molecule has 2 aromatic rings. The highest BCUT2D eigenvalue weighted by Gasteiger charge is 2.22. The first-order valence-corrected chi connectivity index (χ1v) is 8.93. The van der Waals surface area contributed by atoms with E-state index in [4.69, 9.17) is 10.5 Å². The van der Waals surface area contributed by atoms with Gasteiger partial charge in [0, 0.05) is 28.3 Å². The largest absolute Gasteiger partial charge is 0.504 e. The first-order valence-electron chi connectivity index (χ1n) is 8.12. The van der Waals surface area contributed by atoms with E-state index in [1.54, 1.807) is 22.3 Å². The van der Waals surface area contributed by atoms with Crippen molar-refractivity contribution in [2.45, 2.75) is 26.3 Å². The molecule has 1 amide bonds. The Balaban J connectivity index is 0.00000225. The number of nitrogens with zero attached hydrogens (tertiary/aromatic N) is 1. The third kappa shape index (κ3) is 4.45. The summed E-state index contributed by atoms with van der Waals surface area (Å²) in [6.07, 6.45) is 1.13. The molecule has 0 aliphatic carbocycles. The summed E-state index contributed by atoms with van der Waals surface area (Å²) < 4.78 is 5.70. The topological polar surface area (TPSA) is 75.8 Å². The fraction of sp³-hybridized carbons (Fsp3) is 0.389. The van der Waals surface area contributed by atoms with Gasteiger partial charge in [-0.25, -0.2) is 0 Å². The fourth-order valence-electron chi connectivity index (χ4n) is 2.86. The molecule has 3 rings (SSSR count). The van der Waals surface area contributed by atoms with Gasteiger partial charge in [0.05, 0.1) is 6.54 Å². The molecule has 25 heavy (non-hydrogen) atoms. The van der Waals surface area contributed by atoms with Gasteiger partial charge in [0.15, 0.2) is 11.5 Å². The van der Waals surface area contributed by atoms with E-state index in [2.05, 4.69) is 13.0 Å². The predicted octanol–water partition coefficient (Wildman–Crippen LogP) is 3.31. The van der Waals surface area contributed by atoms with Crippen molar-refractivity contribution < 1.29 is 14.6 Å². The molecule has 0 unspecified atom stereocenters. The molecule has 1 aliphatic heterocycles. The molecule has 1 aromatic carbocycles. The van der Waals surface area contributed by atoms with Gasteiger partial charge in [0.25, 0.3) is 0 Å². The number of carbonyl (C=O) groups excluding carboxylic acids is 1. The van der Waals surface area contributed by atoms with Crippen LogP contribution in [0.4, 0.5) is 0 Å². The van der Waals surface area contributed by atoms with Crippen LogP contribution in [0.2, 0.25) is 0 Å². The van der Waals surface area contributed by atoms with Gasteiger partial charge in [0.2, 0.25) is 5.91 Å². The Labute approximate surface area is 157 Å². The smallest absolute Gasteiger partial charge is 0.223 e. The zero-order valence-electron chi connectivity index (χ0n) is 14.2. The number of amides is 1. The molecule has 7 heteroatoms. The average Bonchev–Trinajstić information content (AvgIpc) is 2.87. The molecule has 1 aliphatic rings. The quantitative estimate of drug-likeness (QED) is 0.850. The zero-order valence-corrected chi connectivity index (χ0v) is 15.8. The van der Waals surface area contributed by atoms with E-state index in [1.807, 2.05) is 12.1 Å². The minimum Gasteiger partial charge on any atom is -0.504 e. The van der Waals surface area contributed by atoms with Crippen LogP contribution in [-0.2, 0) is 11.3 Å². The molecule has 0 saturated carbocycles. The molecule has 2 heterocycles. The fourth-order valence-corrected chi connectivity index (χ4v) is 3.71. The van der Waals surface area contributed by atoms with E-state index in [9.17, 15) is 9.90 Å². The standard InChI is InChI=1S/C18H22N2O3S.ClH/c1-12-4-5-16(24-12)13-9-14-11-20(17(22)3-2-6-19)7-8-23-18(14)15(21)10-13;/h4-5,9-10,21H,2-3,6-8,11,19H2,1H3;1H. The average molecular weight is 383 g/mol. The monoisotopic (exact) mass is 382 g/mol. The number of phenols is 1. The van der Waals surface area contributed by atoms with Crippen molar-refractivity contribution in [3.05, 3.63) is 34.7 Å². The van der Waals surface area contributed by atoms with Crippen LogP contribution in [0.1, 0.15) is 23.3 Å². The van der Waals surface area contributed by atoms with E-state index in [0.29, 0.717) is 44.8 Å². The van der Waals surface area contributed by atoms with Crippen molar-refractivity contribution >= 4 is 29.7 Å². The van der Waals surface area contributed by atoms with Crippen LogP contribution in [-0.4, -0.2) is 35.6 Å². The highest BCUT2D eigenvalue weighted by molar-refractivity contribution is 7.15. The molecular formula is C18H23ClN2O3S. The number of rotatable bonds is 4. The SMILES string of the molecule is Cc1ccc(-c2cc(O)c3c(c2)CN(C(=O)CCCN)CCO3)s1.Cl. The van der Waals surface area contributed by atoms with Gasteiger partial charge in [-0.05, 0) is 49.7 Å². The summed E-state index contributed by atoms with van der Waals surface area (Å²) in [6, 6.07) is 7.84. The lowest BCUT2D eigenvalue weighted by Gasteiger charge is -2.20. The molecule has 136 valence electrons. The minimum atomic E-state index is 0. The van der Waals surface area contributed by atoms with Crippen molar-refractivity contribution in [1.82, 2.24) is 4.90 Å². The maximum absolute atomic E-state index is 12.3. The summed E-state index contributed by atoms with van der Waals surface area (Å²) in [5.41, 5.74) is 7.28. The zero-order chi connectivity index (χ0) is 17.1. The van der Waals surface area contributed by atoms with Crippen molar-refractivity contribution in [1.29, 1.82) is 0 Å². The summed E-state index contributed by atoms with van der Waals surface area (Å²) in [7, 11) is 0. The van der Waals surface area contributed by atoms with Gasteiger partial charge < -0.3 is 20.5 Å². The lowest BCUT2D eigenvalue weighted by atomic mass is 10.1. The van der Waals surface area contributed by atoms with Gasteiger partial charge in [-0.1, -0.05) is 0 Å². The second kappa shape index (κ2) is 8.56. The van der Waals surface area contributed by atoms with Crippen LogP contribution in [0.25, 0.3) is 10.4 Å². The summed E-state index contributed by atoms with van der Waals surface area (Å²) in [4.78, 5) is 16.4. The number of thiophene rings is 1. The Bertz CT molecular complexity index is 748. The van der Waals surface area contributed by atoms with E-state index in [-0.39, 0.29) is 24.1 Å². The Morgan fingerprint density at radius 1 is 1.40 bits per heavy atom. The van der Waals surface area contributed by atoms with Crippen LogP contribution < -0.4 is 10.5 Å². The summed E-state index contributed by atoms with van der Waals surface area (Å²) in [5.74, 6) is 0.694. The van der Waals surface area contributed by atoms with Crippen molar-refractivity contribution in [3.8, 4) is 21.9 Å². The number of hydrogen-bond acceptors (Lipinski definition) is 5. The van der Waals surface area contributed by atoms with Crippen molar-refractivity contribution in [2.24, 2.45) is 5.73 Å². The van der Waals surface area contributed by atoms with Crippen LogP contribution in [0, 0.1) is 6.92 Å². The molecule has 1 aromatic heterocycles. The molecule has 0 fully saturated rings. The number of nitrogens with two attached hydrogens (primary N) is 1. The van der Waals surface area contributed by atoms with Crippen LogP contribution in [0.15, 0.2) is 24.3 Å². The highest BCUT2D eigenvalue weighted by Crippen LogP contribution is 2.39. The summed E-state index contributed by atoms with van der Waals surface area (Å²) >= 11 is 1.68. The first-order chi connectivity index (χ1) is 11.6. The van der Waals surface area contributed by atoms with Crippen LogP contribution in [0.5, 0.6) is 11.5 Å². The van der Waals surface area contributed by atoms with Crippen LogP contribution >= 0.6 is 23.7 Å². The number of aromatic hydroxyl groups is 1. The maximum Gasteiger partial charge on any atom is 0.223 e. The number of hydrogen-bond donors (Lipinski definition) is 2. The van der Waals surface area contributed by atoms with Gasteiger partial charge >= 0.3 is 0 Å². The van der Waals surface area contributed by atoms with Crippen LogP contribution in [0.3, 0.4) is 0 Å². The maximum atomic E-state index is 12.3. The predicted molar refractivity (Wildman–Crippen MR) is 103 cm³/mol. The first kappa shape index (κ1) is 19.6. The summed E-state index contributed by atoms with van der Waals surface area (Å²) in [5, 5.41) is 10.4. The molecule has 0 spiro atoms. The molecule has 0 bridgehead atoms. The van der Waals surface area contributed by atoms with Gasteiger partial charge in [-0.15, -0.1) is 23.7 Å². The third-order valence-electron chi connectivity index (χ3n) is 4.09. The lowest BCUT2D eigenvalue weighted by Crippen LogP contribution is -2.32. The van der Waals surface area contributed by atoms with Crippen molar-refractivity contribution in [2.75, 3.05) is 19.7 Å². The summed E-state index contributed by atoms with van der Waals surface area (Å²) in [6.45, 7) is 3.91. The molecule has 3 N–H and O–H groups in total.